The molecule has 0 radical (unpaired) electrons. The lowest BCUT2D eigenvalue weighted by Gasteiger charge is -2.05. The van der Waals surface area contributed by atoms with Gasteiger partial charge in [-0.2, -0.15) is 0 Å². The zero-order chi connectivity index (χ0) is 11.7. The molecule has 84 valence electrons. The first-order valence-corrected chi connectivity index (χ1v) is 4.65. The molecule has 0 unspecified atom stereocenters. The highest BCUT2D eigenvalue weighted by Crippen LogP contribution is 2.03. The van der Waals surface area contributed by atoms with Gasteiger partial charge in [0.05, 0.1) is 13.2 Å². The standard InChI is InChI=1S/C10H14O5/c1-3-14-9(12)8(6-5-7-11)10(13)15-4-2/h6-7H,3-5H2,1-2H3. The zero-order valence-corrected chi connectivity index (χ0v) is 8.82. The summed E-state index contributed by atoms with van der Waals surface area (Å²) in [7, 11) is 0. The van der Waals surface area contributed by atoms with Gasteiger partial charge in [-0.3, -0.25) is 0 Å². The largest absolute Gasteiger partial charge is 0.462 e. The van der Waals surface area contributed by atoms with E-state index in [1.54, 1.807) is 13.8 Å². The first-order chi connectivity index (χ1) is 7.17. The van der Waals surface area contributed by atoms with Gasteiger partial charge in [0.25, 0.3) is 0 Å². The van der Waals surface area contributed by atoms with E-state index in [9.17, 15) is 14.4 Å². The van der Waals surface area contributed by atoms with Crippen molar-refractivity contribution in [2.24, 2.45) is 0 Å². The van der Waals surface area contributed by atoms with Crippen LogP contribution in [0.25, 0.3) is 0 Å². The summed E-state index contributed by atoms with van der Waals surface area (Å²) in [5.74, 6) is -1.53. The normalized spacial score (nSPS) is 8.93. The van der Waals surface area contributed by atoms with Crippen molar-refractivity contribution >= 4 is 18.2 Å². The molecule has 0 fully saturated rings. The predicted octanol–water partition coefficient (Wildman–Crippen LogP) is 0.628. The summed E-state index contributed by atoms with van der Waals surface area (Å²) in [6.07, 6.45) is 1.76. The Morgan fingerprint density at radius 2 is 1.53 bits per heavy atom. The van der Waals surface area contributed by atoms with Crippen LogP contribution in [0.2, 0.25) is 0 Å². The van der Waals surface area contributed by atoms with Gasteiger partial charge in [-0.1, -0.05) is 6.08 Å². The van der Waals surface area contributed by atoms with Crippen molar-refractivity contribution in [1.29, 1.82) is 0 Å². The smallest absolute Gasteiger partial charge is 0.345 e. The number of ether oxygens (including phenoxy) is 2. The summed E-state index contributed by atoms with van der Waals surface area (Å²) in [5, 5.41) is 0. The second-order valence-electron chi connectivity index (χ2n) is 2.46. The van der Waals surface area contributed by atoms with Crippen molar-refractivity contribution < 1.29 is 23.9 Å². The predicted molar refractivity (Wildman–Crippen MR) is 52.0 cm³/mol. The molecule has 5 heteroatoms. The summed E-state index contributed by atoms with van der Waals surface area (Å²) in [4.78, 5) is 32.6. The fourth-order valence-electron chi connectivity index (χ4n) is 0.834. The molecular weight excluding hydrogens is 200 g/mol. The first kappa shape index (κ1) is 13.4. The Hall–Kier alpha value is -1.65. The van der Waals surface area contributed by atoms with Crippen molar-refractivity contribution in [3.63, 3.8) is 0 Å². The van der Waals surface area contributed by atoms with Crippen LogP contribution in [-0.4, -0.2) is 31.4 Å². The molecular formula is C10H14O5. The van der Waals surface area contributed by atoms with E-state index >= 15 is 0 Å². The van der Waals surface area contributed by atoms with Gasteiger partial charge < -0.3 is 14.3 Å². The van der Waals surface area contributed by atoms with E-state index in [0.717, 1.165) is 0 Å². The fourth-order valence-corrected chi connectivity index (χ4v) is 0.834. The zero-order valence-electron chi connectivity index (χ0n) is 8.82. The van der Waals surface area contributed by atoms with E-state index < -0.39 is 11.9 Å². The first-order valence-electron chi connectivity index (χ1n) is 4.65. The second-order valence-corrected chi connectivity index (χ2v) is 2.46. The SMILES string of the molecule is CCOC(=O)C(=CCC=O)C(=O)OCC. The molecule has 0 aliphatic rings. The van der Waals surface area contributed by atoms with Crippen molar-refractivity contribution in [3.8, 4) is 0 Å². The molecule has 0 amide bonds. The third-order valence-corrected chi connectivity index (χ3v) is 1.41. The van der Waals surface area contributed by atoms with Crippen LogP contribution in [0.3, 0.4) is 0 Å². The van der Waals surface area contributed by atoms with E-state index in [1.165, 1.54) is 6.08 Å². The van der Waals surface area contributed by atoms with Crippen LogP contribution in [0.1, 0.15) is 20.3 Å². The molecule has 0 aromatic heterocycles. The van der Waals surface area contributed by atoms with Gasteiger partial charge in [0.2, 0.25) is 0 Å². The van der Waals surface area contributed by atoms with Crippen LogP contribution in [0.15, 0.2) is 11.6 Å². The van der Waals surface area contributed by atoms with E-state index in [0.29, 0.717) is 6.29 Å². The summed E-state index contributed by atoms with van der Waals surface area (Å²) in [5.41, 5.74) is -0.231. The molecule has 0 aromatic carbocycles. The molecule has 0 aliphatic heterocycles. The van der Waals surface area contributed by atoms with Gasteiger partial charge in [-0.05, 0) is 13.8 Å². The Morgan fingerprint density at radius 1 is 1.07 bits per heavy atom. The van der Waals surface area contributed by atoms with Gasteiger partial charge in [-0.15, -0.1) is 0 Å². The summed E-state index contributed by atoms with van der Waals surface area (Å²) in [6, 6.07) is 0. The Bertz CT molecular complexity index is 247. The number of carbonyl (C=O) groups excluding carboxylic acids is 3. The van der Waals surface area contributed by atoms with E-state index in [4.69, 9.17) is 0 Å². The number of hydrogen-bond donors (Lipinski definition) is 0. The van der Waals surface area contributed by atoms with Gasteiger partial charge in [0.15, 0.2) is 0 Å². The van der Waals surface area contributed by atoms with Gasteiger partial charge in [0, 0.05) is 6.42 Å². The van der Waals surface area contributed by atoms with Gasteiger partial charge >= 0.3 is 11.9 Å². The summed E-state index contributed by atoms with van der Waals surface area (Å²) >= 11 is 0. The average Bonchev–Trinajstić information content (AvgIpc) is 2.19. The molecule has 0 atom stereocenters. The summed E-state index contributed by atoms with van der Waals surface area (Å²) in [6.45, 7) is 3.58. The minimum absolute atomic E-state index is 0.0209. The molecule has 0 rings (SSSR count). The maximum atomic E-state index is 11.3. The maximum absolute atomic E-state index is 11.3. The number of esters is 2. The topological polar surface area (TPSA) is 69.7 Å². The minimum Gasteiger partial charge on any atom is -0.462 e. The Labute approximate surface area is 88.0 Å². The number of hydrogen-bond acceptors (Lipinski definition) is 5. The molecule has 5 nitrogen and oxygen atoms in total. The van der Waals surface area contributed by atoms with Crippen LogP contribution in [0, 0.1) is 0 Å². The Morgan fingerprint density at radius 3 is 1.87 bits per heavy atom. The van der Waals surface area contributed by atoms with E-state index in [-0.39, 0.29) is 25.2 Å². The Kier molecular flexibility index (Phi) is 6.88. The minimum atomic E-state index is -0.766. The molecule has 15 heavy (non-hydrogen) atoms. The molecule has 0 N–H and O–H groups in total. The Balaban J connectivity index is 4.63. The molecule has 0 heterocycles. The highest BCUT2D eigenvalue weighted by Gasteiger charge is 2.19. The van der Waals surface area contributed by atoms with Gasteiger partial charge in [0.1, 0.15) is 11.9 Å². The number of carbonyl (C=O) groups is 3. The number of aldehydes is 1. The van der Waals surface area contributed by atoms with Crippen molar-refractivity contribution in [3.05, 3.63) is 11.6 Å². The van der Waals surface area contributed by atoms with E-state index in [1.807, 2.05) is 0 Å². The van der Waals surface area contributed by atoms with Crippen molar-refractivity contribution in [1.82, 2.24) is 0 Å². The molecule has 0 aromatic rings. The molecule has 0 saturated heterocycles. The molecule has 0 aliphatic carbocycles. The highest BCUT2D eigenvalue weighted by molar-refractivity contribution is 6.14. The lowest BCUT2D eigenvalue weighted by atomic mass is 10.2. The molecule has 0 spiro atoms. The highest BCUT2D eigenvalue weighted by atomic mass is 16.6. The van der Waals surface area contributed by atoms with Crippen LogP contribution in [0.4, 0.5) is 0 Å². The monoisotopic (exact) mass is 214 g/mol. The average molecular weight is 214 g/mol. The number of allylic oxidation sites excluding steroid dienone is 1. The van der Waals surface area contributed by atoms with E-state index in [2.05, 4.69) is 9.47 Å². The van der Waals surface area contributed by atoms with Crippen molar-refractivity contribution in [2.75, 3.05) is 13.2 Å². The third kappa shape index (κ3) is 4.95. The van der Waals surface area contributed by atoms with Crippen LogP contribution < -0.4 is 0 Å². The van der Waals surface area contributed by atoms with Gasteiger partial charge in [-0.25, -0.2) is 9.59 Å². The summed E-state index contributed by atoms with van der Waals surface area (Å²) < 4.78 is 9.29. The quantitative estimate of drug-likeness (QED) is 0.213. The van der Waals surface area contributed by atoms with Crippen LogP contribution in [0.5, 0.6) is 0 Å². The van der Waals surface area contributed by atoms with Crippen LogP contribution >= 0.6 is 0 Å². The molecule has 0 bridgehead atoms. The molecule has 0 saturated carbocycles. The maximum Gasteiger partial charge on any atom is 0.345 e. The lowest BCUT2D eigenvalue weighted by Crippen LogP contribution is -2.18. The second kappa shape index (κ2) is 7.73. The lowest BCUT2D eigenvalue weighted by molar-refractivity contribution is -0.146. The number of rotatable bonds is 6. The van der Waals surface area contributed by atoms with Crippen molar-refractivity contribution in [2.45, 2.75) is 20.3 Å². The fraction of sp³-hybridized carbons (Fsp3) is 0.500. The third-order valence-electron chi connectivity index (χ3n) is 1.41. The van der Waals surface area contributed by atoms with Crippen LogP contribution in [-0.2, 0) is 23.9 Å².